The Morgan fingerprint density at radius 3 is 2.67 bits per heavy atom. The summed E-state index contributed by atoms with van der Waals surface area (Å²) in [4.78, 5) is 23.7. The van der Waals surface area contributed by atoms with Gasteiger partial charge in [0.15, 0.2) is 0 Å². The second kappa shape index (κ2) is 6.85. The number of hydrogen-bond donors (Lipinski definition) is 3. The maximum Gasteiger partial charge on any atom is 0.270 e. The van der Waals surface area contributed by atoms with E-state index in [9.17, 15) is 14.9 Å². The molecule has 146 valence electrons. The number of carbonyl (C=O) groups is 1. The highest BCUT2D eigenvalue weighted by atomic mass is 16.6. The van der Waals surface area contributed by atoms with Crippen molar-refractivity contribution in [3.05, 3.63) is 94.2 Å². The van der Waals surface area contributed by atoms with Crippen molar-refractivity contribution in [3.8, 4) is 0 Å². The number of non-ortho nitro benzene ring substituents is 1. The first-order chi connectivity index (χ1) is 14.6. The quantitative estimate of drug-likeness (QED) is 0.268. The molecule has 3 aromatic carbocycles. The molecule has 1 amide bonds. The van der Waals surface area contributed by atoms with Gasteiger partial charge in [-0.1, -0.05) is 30.3 Å². The highest BCUT2D eigenvalue weighted by molar-refractivity contribution is 6.37. The zero-order valence-electron chi connectivity index (χ0n) is 15.5. The molecule has 1 aliphatic rings. The zero-order chi connectivity index (χ0) is 20.7. The lowest BCUT2D eigenvalue weighted by molar-refractivity contribution is -0.384. The van der Waals surface area contributed by atoms with Gasteiger partial charge in [-0.2, -0.15) is 5.10 Å². The first-order valence-electron chi connectivity index (χ1n) is 9.20. The van der Waals surface area contributed by atoms with E-state index in [-0.39, 0.29) is 11.6 Å². The van der Waals surface area contributed by atoms with Gasteiger partial charge >= 0.3 is 0 Å². The molecular formula is C22H15N5O3. The number of nitro benzene ring substituents is 1. The predicted octanol–water partition coefficient (Wildman–Crippen LogP) is 4.40. The minimum absolute atomic E-state index is 0.0741. The first-order valence-corrected chi connectivity index (χ1v) is 9.20. The van der Waals surface area contributed by atoms with Crippen LogP contribution in [-0.4, -0.2) is 21.0 Å². The number of benzene rings is 3. The fraction of sp³-hybridized carbons (Fsp3) is 0. The average Bonchev–Trinajstić information content (AvgIpc) is 3.35. The topological polar surface area (TPSA) is 113 Å². The fourth-order valence-corrected chi connectivity index (χ4v) is 3.57. The molecule has 0 unspecified atom stereocenters. The van der Waals surface area contributed by atoms with Gasteiger partial charge in [0, 0.05) is 34.5 Å². The molecule has 0 aliphatic carbocycles. The minimum Gasteiger partial charge on any atom is -0.354 e. The Balaban J connectivity index is 1.71. The lowest BCUT2D eigenvalue weighted by Crippen LogP contribution is -2.10. The summed E-state index contributed by atoms with van der Waals surface area (Å²) in [6.07, 6.45) is 1.72. The van der Waals surface area contributed by atoms with Crippen LogP contribution in [-0.2, 0) is 4.79 Å². The Morgan fingerprint density at radius 1 is 1.03 bits per heavy atom. The Bertz CT molecular complexity index is 1340. The maximum absolute atomic E-state index is 12.9. The summed E-state index contributed by atoms with van der Waals surface area (Å²) in [5.74, 6) is -0.318. The maximum atomic E-state index is 12.9. The van der Waals surface area contributed by atoms with Gasteiger partial charge in [-0.25, -0.2) is 0 Å². The van der Waals surface area contributed by atoms with Crippen molar-refractivity contribution in [2.75, 3.05) is 10.6 Å². The van der Waals surface area contributed by atoms with Crippen LogP contribution in [0.1, 0.15) is 11.1 Å². The van der Waals surface area contributed by atoms with Crippen molar-refractivity contribution in [3.63, 3.8) is 0 Å². The summed E-state index contributed by atoms with van der Waals surface area (Å²) in [5.41, 5.74) is 4.33. The molecule has 8 nitrogen and oxygen atoms in total. The number of nitrogens with zero attached hydrogens (tertiary/aromatic N) is 2. The number of aromatic nitrogens is 2. The number of nitro groups is 1. The van der Waals surface area contributed by atoms with E-state index >= 15 is 0 Å². The first kappa shape index (κ1) is 17.6. The Morgan fingerprint density at radius 2 is 1.87 bits per heavy atom. The van der Waals surface area contributed by atoms with Gasteiger partial charge in [-0.15, -0.1) is 0 Å². The number of carbonyl (C=O) groups excluding carboxylic acids is 1. The smallest absolute Gasteiger partial charge is 0.270 e. The highest BCUT2D eigenvalue weighted by Crippen LogP contribution is 2.39. The number of nitrogens with one attached hydrogen (secondary N) is 3. The molecule has 0 radical (unpaired) electrons. The number of anilines is 2. The van der Waals surface area contributed by atoms with Crippen LogP contribution in [0.5, 0.6) is 0 Å². The molecule has 0 saturated carbocycles. The van der Waals surface area contributed by atoms with Crippen LogP contribution in [0.4, 0.5) is 17.1 Å². The Hall–Kier alpha value is -4.46. The van der Waals surface area contributed by atoms with Crippen molar-refractivity contribution >= 4 is 45.1 Å². The van der Waals surface area contributed by atoms with Gasteiger partial charge in [0.25, 0.3) is 11.6 Å². The number of hydrogen-bond acceptors (Lipinski definition) is 5. The molecule has 5 rings (SSSR count). The van der Waals surface area contributed by atoms with Crippen LogP contribution in [0, 0.1) is 10.1 Å². The van der Waals surface area contributed by atoms with E-state index in [0.717, 1.165) is 22.2 Å². The Labute approximate surface area is 170 Å². The molecule has 0 atom stereocenters. The van der Waals surface area contributed by atoms with E-state index in [1.807, 2.05) is 48.5 Å². The van der Waals surface area contributed by atoms with Crippen molar-refractivity contribution in [1.29, 1.82) is 0 Å². The second-order valence-electron chi connectivity index (χ2n) is 6.85. The Kier molecular flexibility index (Phi) is 4.03. The molecule has 0 spiro atoms. The van der Waals surface area contributed by atoms with Crippen molar-refractivity contribution in [2.24, 2.45) is 0 Å². The van der Waals surface area contributed by atoms with Crippen molar-refractivity contribution in [1.82, 2.24) is 10.2 Å². The fourth-order valence-electron chi connectivity index (χ4n) is 3.57. The van der Waals surface area contributed by atoms with E-state index in [1.165, 1.54) is 12.1 Å². The largest absolute Gasteiger partial charge is 0.354 e. The molecule has 0 bridgehead atoms. The van der Waals surface area contributed by atoms with Crippen molar-refractivity contribution in [2.45, 2.75) is 0 Å². The summed E-state index contributed by atoms with van der Waals surface area (Å²) in [5, 5.41) is 25.3. The van der Waals surface area contributed by atoms with Crippen LogP contribution in [0.2, 0.25) is 0 Å². The minimum atomic E-state index is -0.469. The van der Waals surface area contributed by atoms with E-state index in [2.05, 4.69) is 20.8 Å². The number of fused-ring (bicyclic) bond motifs is 2. The molecule has 4 aromatic rings. The summed E-state index contributed by atoms with van der Waals surface area (Å²) >= 11 is 0. The van der Waals surface area contributed by atoms with Gasteiger partial charge in [-0.05, 0) is 29.8 Å². The van der Waals surface area contributed by atoms with Gasteiger partial charge in [0.2, 0.25) is 0 Å². The van der Waals surface area contributed by atoms with E-state index < -0.39 is 4.92 Å². The summed E-state index contributed by atoms with van der Waals surface area (Å²) in [7, 11) is 0. The van der Waals surface area contributed by atoms with Gasteiger partial charge in [0.1, 0.15) is 0 Å². The molecular weight excluding hydrogens is 382 g/mol. The van der Waals surface area contributed by atoms with Crippen LogP contribution in [0.25, 0.3) is 22.2 Å². The van der Waals surface area contributed by atoms with E-state index in [0.29, 0.717) is 22.5 Å². The number of aromatic amines is 1. The molecule has 3 N–H and O–H groups in total. The average molecular weight is 397 g/mol. The summed E-state index contributed by atoms with van der Waals surface area (Å²) < 4.78 is 0. The second-order valence-corrected chi connectivity index (χ2v) is 6.85. The molecule has 30 heavy (non-hydrogen) atoms. The summed E-state index contributed by atoms with van der Waals surface area (Å²) in [6, 6.07) is 19.4. The third kappa shape index (κ3) is 2.96. The molecule has 1 aromatic heterocycles. The van der Waals surface area contributed by atoms with Crippen LogP contribution >= 0.6 is 0 Å². The van der Waals surface area contributed by atoms with Gasteiger partial charge in [0.05, 0.1) is 27.9 Å². The third-order valence-electron chi connectivity index (χ3n) is 4.98. The molecule has 0 saturated heterocycles. The van der Waals surface area contributed by atoms with Gasteiger partial charge in [-0.3, -0.25) is 20.0 Å². The number of H-pyrrole nitrogens is 1. The third-order valence-corrected chi connectivity index (χ3v) is 4.98. The summed E-state index contributed by atoms with van der Waals surface area (Å²) in [6.45, 7) is 0. The molecule has 1 aliphatic heterocycles. The van der Waals surface area contributed by atoms with Crippen molar-refractivity contribution < 1.29 is 9.72 Å². The lowest BCUT2D eigenvalue weighted by Gasteiger charge is -2.15. The number of rotatable bonds is 4. The normalized spacial score (nSPS) is 14.3. The van der Waals surface area contributed by atoms with Crippen LogP contribution in [0.3, 0.4) is 0 Å². The van der Waals surface area contributed by atoms with E-state index in [1.54, 1.807) is 12.3 Å². The SMILES string of the molecule is O=C1Nc2ccc([N+](=O)[O-])cc2/C1=C(/Nc1ccc2[nH]ncc2c1)c1ccccc1. The molecule has 2 heterocycles. The number of amides is 1. The van der Waals surface area contributed by atoms with Gasteiger partial charge < -0.3 is 10.6 Å². The van der Waals surface area contributed by atoms with Crippen LogP contribution in [0.15, 0.2) is 72.9 Å². The predicted molar refractivity (Wildman–Crippen MR) is 115 cm³/mol. The molecule has 0 fully saturated rings. The molecule has 8 heteroatoms. The van der Waals surface area contributed by atoms with Crippen LogP contribution < -0.4 is 10.6 Å². The zero-order valence-corrected chi connectivity index (χ0v) is 15.5. The van der Waals surface area contributed by atoms with E-state index in [4.69, 9.17) is 0 Å². The lowest BCUT2D eigenvalue weighted by atomic mass is 9.99. The monoisotopic (exact) mass is 397 g/mol. The standard InChI is InChI=1S/C22H15N5O3/c28-22-20(17-11-16(27(29)30)7-9-19(17)25-22)21(13-4-2-1-3-5-13)24-15-6-8-18-14(10-15)12-23-26-18/h1-12,24H,(H,23,26)(H,25,28)/b21-20-. The highest BCUT2D eigenvalue weighted by Gasteiger charge is 2.30.